The summed E-state index contributed by atoms with van der Waals surface area (Å²) >= 11 is 0. The van der Waals surface area contributed by atoms with Crippen molar-refractivity contribution in [2.24, 2.45) is 0 Å². The van der Waals surface area contributed by atoms with E-state index in [1.54, 1.807) is 10.6 Å². The Balaban J connectivity index is 1.63. The Morgan fingerprint density at radius 2 is 2.00 bits per heavy atom. The third kappa shape index (κ3) is 3.10. The number of ether oxygens (including phenoxy) is 1. The monoisotopic (exact) mass is 362 g/mol. The average molecular weight is 362 g/mol. The smallest absolute Gasteiger partial charge is 0.358 e. The first-order chi connectivity index (χ1) is 12.9. The Morgan fingerprint density at radius 3 is 2.81 bits per heavy atom. The maximum Gasteiger partial charge on any atom is 0.358 e. The van der Waals surface area contributed by atoms with Crippen LogP contribution >= 0.6 is 0 Å². The summed E-state index contributed by atoms with van der Waals surface area (Å²) in [5.41, 5.74) is 4.55. The molecular weight excluding hydrogens is 344 g/mol. The van der Waals surface area contributed by atoms with Gasteiger partial charge in [0.05, 0.1) is 0 Å². The van der Waals surface area contributed by atoms with Gasteiger partial charge in [-0.3, -0.25) is 0 Å². The Hall–Kier alpha value is -3.41. The van der Waals surface area contributed by atoms with Gasteiger partial charge in [-0.25, -0.2) is 14.6 Å². The molecule has 0 atom stereocenters. The van der Waals surface area contributed by atoms with Gasteiger partial charge in [-0.1, -0.05) is 12.1 Å². The van der Waals surface area contributed by atoms with Crippen LogP contribution in [0.5, 0.6) is 0 Å². The lowest BCUT2D eigenvalue weighted by molar-refractivity contribution is 0.0467. The van der Waals surface area contributed by atoms with Crippen molar-refractivity contribution in [1.82, 2.24) is 9.38 Å². The summed E-state index contributed by atoms with van der Waals surface area (Å²) in [6.45, 7) is 5.78. The molecule has 6 nitrogen and oxygen atoms in total. The zero-order valence-corrected chi connectivity index (χ0v) is 15.3. The number of hydrogen-bond acceptors (Lipinski definition) is 5. The van der Waals surface area contributed by atoms with Crippen LogP contribution in [0.15, 0.2) is 51.9 Å². The molecule has 0 N–H and O–H groups in total. The summed E-state index contributed by atoms with van der Waals surface area (Å²) in [4.78, 5) is 28.6. The fraction of sp³-hybridized carbons (Fsp3) is 0.190. The van der Waals surface area contributed by atoms with Crippen molar-refractivity contribution in [3.05, 3.63) is 81.1 Å². The summed E-state index contributed by atoms with van der Waals surface area (Å²) in [7, 11) is 0. The minimum Gasteiger partial charge on any atom is -0.456 e. The lowest BCUT2D eigenvalue weighted by Crippen LogP contribution is -2.08. The minimum absolute atomic E-state index is 0.0314. The molecule has 0 saturated heterocycles. The number of rotatable bonds is 3. The summed E-state index contributed by atoms with van der Waals surface area (Å²) in [6.07, 6.45) is 3.47. The van der Waals surface area contributed by atoms with Crippen LogP contribution in [0.1, 0.15) is 32.7 Å². The van der Waals surface area contributed by atoms with Crippen molar-refractivity contribution >= 4 is 22.6 Å². The van der Waals surface area contributed by atoms with E-state index in [0.717, 1.165) is 22.1 Å². The second-order valence-corrected chi connectivity index (χ2v) is 6.65. The van der Waals surface area contributed by atoms with Crippen LogP contribution in [0.2, 0.25) is 0 Å². The van der Waals surface area contributed by atoms with Crippen LogP contribution in [-0.4, -0.2) is 15.4 Å². The number of imidazole rings is 1. The molecule has 0 unspecified atom stereocenters. The van der Waals surface area contributed by atoms with Gasteiger partial charge in [0.1, 0.15) is 17.8 Å². The van der Waals surface area contributed by atoms with Gasteiger partial charge in [-0.2, -0.15) is 0 Å². The molecule has 0 spiro atoms. The van der Waals surface area contributed by atoms with E-state index >= 15 is 0 Å². The lowest BCUT2D eigenvalue weighted by Gasteiger charge is -2.09. The fourth-order valence-electron chi connectivity index (χ4n) is 3.04. The largest absolute Gasteiger partial charge is 0.456 e. The van der Waals surface area contributed by atoms with E-state index in [1.807, 2.05) is 51.2 Å². The predicted molar refractivity (Wildman–Crippen MR) is 101 cm³/mol. The summed E-state index contributed by atoms with van der Waals surface area (Å²) < 4.78 is 12.5. The van der Waals surface area contributed by atoms with Crippen molar-refractivity contribution in [1.29, 1.82) is 0 Å². The maximum atomic E-state index is 12.4. The highest BCUT2D eigenvalue weighted by Gasteiger charge is 2.15. The molecule has 0 amide bonds. The Kier molecular flexibility index (Phi) is 4.03. The van der Waals surface area contributed by atoms with Gasteiger partial charge in [0, 0.05) is 29.4 Å². The van der Waals surface area contributed by atoms with Crippen LogP contribution in [0.3, 0.4) is 0 Å². The van der Waals surface area contributed by atoms with Crippen LogP contribution in [0.4, 0.5) is 0 Å². The number of aromatic nitrogens is 2. The van der Waals surface area contributed by atoms with E-state index in [1.165, 1.54) is 6.07 Å². The molecule has 0 aliphatic carbocycles. The minimum atomic E-state index is -0.540. The van der Waals surface area contributed by atoms with E-state index in [-0.39, 0.29) is 12.3 Å². The molecule has 3 aromatic heterocycles. The molecule has 0 aliphatic rings. The number of aryl methyl sites for hydroxylation is 3. The third-order valence-corrected chi connectivity index (χ3v) is 4.70. The van der Waals surface area contributed by atoms with Crippen LogP contribution in [0, 0.1) is 20.8 Å². The molecular formula is C21H18N2O4. The highest BCUT2D eigenvalue weighted by molar-refractivity contribution is 5.88. The molecule has 6 heteroatoms. The number of carbonyl (C=O) groups excluding carboxylic acids is 1. The molecule has 0 bridgehead atoms. The van der Waals surface area contributed by atoms with Crippen LogP contribution < -0.4 is 5.63 Å². The number of carbonyl (C=O) groups is 1. The number of pyridine rings is 1. The number of benzene rings is 1. The molecule has 4 rings (SSSR count). The topological polar surface area (TPSA) is 73.8 Å². The maximum absolute atomic E-state index is 12.4. The van der Waals surface area contributed by atoms with E-state index in [2.05, 4.69) is 4.98 Å². The van der Waals surface area contributed by atoms with Gasteiger partial charge in [0.15, 0.2) is 5.69 Å². The molecule has 136 valence electrons. The Bertz CT molecular complexity index is 1250. The van der Waals surface area contributed by atoms with Gasteiger partial charge in [0.2, 0.25) is 0 Å². The second-order valence-electron chi connectivity index (χ2n) is 6.65. The van der Waals surface area contributed by atoms with Crippen molar-refractivity contribution in [2.45, 2.75) is 27.4 Å². The fourth-order valence-corrected chi connectivity index (χ4v) is 3.04. The Labute approximate surface area is 155 Å². The number of esters is 1. The van der Waals surface area contributed by atoms with Crippen molar-refractivity contribution < 1.29 is 13.9 Å². The van der Waals surface area contributed by atoms with E-state index in [4.69, 9.17) is 9.15 Å². The Morgan fingerprint density at radius 1 is 1.19 bits per heavy atom. The SMILES string of the molecule is Cc1ccn2cc(C(=O)OCc3cc(=O)oc4c(C)c(C)ccc34)nc2c1. The molecule has 0 radical (unpaired) electrons. The third-order valence-electron chi connectivity index (χ3n) is 4.70. The number of nitrogens with zero attached hydrogens (tertiary/aromatic N) is 2. The molecule has 0 aliphatic heterocycles. The molecule has 0 saturated carbocycles. The highest BCUT2D eigenvalue weighted by atomic mass is 16.5. The average Bonchev–Trinajstić information content (AvgIpc) is 3.06. The van der Waals surface area contributed by atoms with Gasteiger partial charge in [0.25, 0.3) is 0 Å². The predicted octanol–water partition coefficient (Wildman–Crippen LogP) is 3.72. The lowest BCUT2D eigenvalue weighted by atomic mass is 10.0. The first kappa shape index (κ1) is 17.0. The summed E-state index contributed by atoms with van der Waals surface area (Å²) in [6, 6.07) is 9.00. The van der Waals surface area contributed by atoms with E-state index < -0.39 is 11.6 Å². The first-order valence-corrected chi connectivity index (χ1v) is 8.58. The van der Waals surface area contributed by atoms with E-state index in [9.17, 15) is 9.59 Å². The number of hydrogen-bond donors (Lipinski definition) is 0. The van der Waals surface area contributed by atoms with Gasteiger partial charge >= 0.3 is 11.6 Å². The zero-order valence-electron chi connectivity index (χ0n) is 15.3. The molecule has 1 aromatic carbocycles. The molecule has 27 heavy (non-hydrogen) atoms. The highest BCUT2D eigenvalue weighted by Crippen LogP contribution is 2.24. The van der Waals surface area contributed by atoms with Gasteiger partial charge in [-0.05, 0) is 49.6 Å². The van der Waals surface area contributed by atoms with Crippen molar-refractivity contribution in [3.8, 4) is 0 Å². The van der Waals surface area contributed by atoms with E-state index in [0.29, 0.717) is 16.8 Å². The van der Waals surface area contributed by atoms with Crippen LogP contribution in [0.25, 0.3) is 16.6 Å². The quantitative estimate of drug-likeness (QED) is 0.410. The zero-order chi connectivity index (χ0) is 19.1. The van der Waals surface area contributed by atoms with Gasteiger partial charge < -0.3 is 13.6 Å². The standard InChI is InChI=1S/C21H18N2O4/c1-12-6-7-23-10-17(22-18(23)8-12)21(25)26-11-15-9-19(24)27-20-14(3)13(2)4-5-16(15)20/h4-10H,11H2,1-3H3. The van der Waals surface area contributed by atoms with Crippen molar-refractivity contribution in [3.63, 3.8) is 0 Å². The van der Waals surface area contributed by atoms with Gasteiger partial charge in [-0.15, -0.1) is 0 Å². The van der Waals surface area contributed by atoms with Crippen LogP contribution in [-0.2, 0) is 11.3 Å². The first-order valence-electron chi connectivity index (χ1n) is 8.58. The summed E-state index contributed by atoms with van der Waals surface area (Å²) in [5, 5.41) is 0.760. The summed E-state index contributed by atoms with van der Waals surface area (Å²) in [5.74, 6) is -0.540. The molecule has 0 fully saturated rings. The van der Waals surface area contributed by atoms with Crippen molar-refractivity contribution in [2.75, 3.05) is 0 Å². The molecule has 4 aromatic rings. The normalized spacial score (nSPS) is 11.2. The second kappa shape index (κ2) is 6.39. The number of fused-ring (bicyclic) bond motifs is 2. The molecule has 3 heterocycles.